The average molecular weight is 405 g/mol. The summed E-state index contributed by atoms with van der Waals surface area (Å²) in [6, 6.07) is 16.9. The summed E-state index contributed by atoms with van der Waals surface area (Å²) in [4.78, 5) is 41.3. The fraction of sp³-hybridized carbons (Fsp3) is 0.348. The number of hydrogen-bond donors (Lipinski definition) is 2. The number of likely N-dealkylation sites (tertiary alicyclic amines) is 1. The monoisotopic (exact) mass is 405 g/mol. The van der Waals surface area contributed by atoms with E-state index in [1.807, 2.05) is 54.6 Å². The van der Waals surface area contributed by atoms with Gasteiger partial charge in [0.15, 0.2) is 0 Å². The molecular weight excluding hydrogens is 382 g/mol. The molecular formula is C23H23N3O4. The lowest BCUT2D eigenvalue weighted by Crippen LogP contribution is -2.53. The van der Waals surface area contributed by atoms with Crippen molar-refractivity contribution in [2.75, 3.05) is 25.6 Å². The average Bonchev–Trinajstić information content (AvgIpc) is 3.33. The SMILES string of the molecule is COCCN1C(=O)[C@@H]2C(Cc3ccccc3)NC3(C(=O)Nc4ccccc43)[C@@H]2C1=O. The van der Waals surface area contributed by atoms with Crippen molar-refractivity contribution in [2.45, 2.75) is 18.0 Å². The van der Waals surface area contributed by atoms with Crippen molar-refractivity contribution < 1.29 is 19.1 Å². The molecule has 0 bridgehead atoms. The van der Waals surface area contributed by atoms with Crippen molar-refractivity contribution in [1.29, 1.82) is 0 Å². The van der Waals surface area contributed by atoms with Crippen LogP contribution in [-0.2, 0) is 31.1 Å². The van der Waals surface area contributed by atoms with Crippen LogP contribution in [0.25, 0.3) is 0 Å². The highest BCUT2D eigenvalue weighted by molar-refractivity contribution is 6.15. The first-order valence-corrected chi connectivity index (χ1v) is 10.1. The van der Waals surface area contributed by atoms with Crippen molar-refractivity contribution in [2.24, 2.45) is 11.8 Å². The fourth-order valence-electron chi connectivity index (χ4n) is 5.26. The normalized spacial score (nSPS) is 29.4. The zero-order chi connectivity index (χ0) is 20.9. The van der Waals surface area contributed by atoms with Crippen LogP contribution in [0.3, 0.4) is 0 Å². The molecule has 3 heterocycles. The maximum absolute atomic E-state index is 13.4. The third kappa shape index (κ3) is 2.55. The Labute approximate surface area is 174 Å². The molecule has 0 saturated carbocycles. The number of anilines is 1. The smallest absolute Gasteiger partial charge is 0.250 e. The largest absolute Gasteiger partial charge is 0.383 e. The summed E-state index contributed by atoms with van der Waals surface area (Å²) in [5, 5.41) is 6.36. The van der Waals surface area contributed by atoms with E-state index in [1.54, 1.807) is 0 Å². The lowest BCUT2D eigenvalue weighted by Gasteiger charge is -2.29. The lowest BCUT2D eigenvalue weighted by molar-refractivity contribution is -0.143. The Morgan fingerprint density at radius 1 is 1.00 bits per heavy atom. The van der Waals surface area contributed by atoms with Crippen LogP contribution >= 0.6 is 0 Å². The zero-order valence-electron chi connectivity index (χ0n) is 16.6. The van der Waals surface area contributed by atoms with Gasteiger partial charge in [0.25, 0.3) is 0 Å². The Kier molecular flexibility index (Phi) is 4.45. The van der Waals surface area contributed by atoms with Gasteiger partial charge in [0, 0.05) is 24.4 Å². The van der Waals surface area contributed by atoms with Gasteiger partial charge in [0.1, 0.15) is 5.54 Å². The molecule has 1 spiro atoms. The maximum atomic E-state index is 13.4. The van der Waals surface area contributed by atoms with Gasteiger partial charge in [-0.2, -0.15) is 0 Å². The number of ether oxygens (including phenoxy) is 1. The highest BCUT2D eigenvalue weighted by Gasteiger charge is 2.70. The number of hydrogen-bond acceptors (Lipinski definition) is 5. The number of nitrogens with one attached hydrogen (secondary N) is 2. The second-order valence-corrected chi connectivity index (χ2v) is 8.07. The van der Waals surface area contributed by atoms with Crippen LogP contribution in [0.15, 0.2) is 54.6 Å². The van der Waals surface area contributed by atoms with E-state index in [2.05, 4.69) is 10.6 Å². The Morgan fingerprint density at radius 2 is 1.73 bits per heavy atom. The molecule has 2 unspecified atom stereocenters. The summed E-state index contributed by atoms with van der Waals surface area (Å²) in [6.07, 6.45) is 0.552. The van der Waals surface area contributed by atoms with Crippen LogP contribution in [0.2, 0.25) is 0 Å². The summed E-state index contributed by atoms with van der Waals surface area (Å²) in [6.45, 7) is 0.460. The van der Waals surface area contributed by atoms with E-state index >= 15 is 0 Å². The Hall–Kier alpha value is -3.03. The van der Waals surface area contributed by atoms with E-state index < -0.39 is 17.4 Å². The molecule has 2 saturated heterocycles. The van der Waals surface area contributed by atoms with Crippen LogP contribution in [0, 0.1) is 11.8 Å². The molecule has 3 amide bonds. The van der Waals surface area contributed by atoms with Crippen LogP contribution in [0.1, 0.15) is 11.1 Å². The predicted octanol–water partition coefficient (Wildman–Crippen LogP) is 1.30. The summed E-state index contributed by atoms with van der Waals surface area (Å²) in [5.41, 5.74) is 1.23. The maximum Gasteiger partial charge on any atom is 0.250 e. The van der Waals surface area contributed by atoms with Crippen molar-refractivity contribution in [1.82, 2.24) is 10.2 Å². The summed E-state index contributed by atoms with van der Waals surface area (Å²) in [5.74, 6) is -2.20. The minimum atomic E-state index is -1.24. The molecule has 7 nitrogen and oxygen atoms in total. The van der Waals surface area contributed by atoms with Gasteiger partial charge in [-0.15, -0.1) is 0 Å². The van der Waals surface area contributed by atoms with Crippen molar-refractivity contribution in [3.63, 3.8) is 0 Å². The van der Waals surface area contributed by atoms with E-state index in [4.69, 9.17) is 4.74 Å². The highest BCUT2D eigenvalue weighted by Crippen LogP contribution is 2.53. The zero-order valence-corrected chi connectivity index (χ0v) is 16.6. The summed E-state index contributed by atoms with van der Waals surface area (Å²) >= 11 is 0. The van der Waals surface area contributed by atoms with E-state index in [-0.39, 0.29) is 36.9 Å². The first kappa shape index (κ1) is 19.0. The molecule has 2 fully saturated rings. The number of nitrogens with zero attached hydrogens (tertiary/aromatic N) is 1. The first-order valence-electron chi connectivity index (χ1n) is 10.1. The molecule has 5 rings (SSSR count). The minimum absolute atomic E-state index is 0.193. The van der Waals surface area contributed by atoms with Crippen molar-refractivity contribution >= 4 is 23.4 Å². The van der Waals surface area contributed by atoms with E-state index in [1.165, 1.54) is 12.0 Å². The number of methoxy groups -OCH3 is 1. The number of fused-ring (bicyclic) bond motifs is 4. The third-order valence-corrected chi connectivity index (χ3v) is 6.53. The number of imide groups is 1. The predicted molar refractivity (Wildman–Crippen MR) is 109 cm³/mol. The van der Waals surface area contributed by atoms with Gasteiger partial charge in [-0.3, -0.25) is 24.6 Å². The number of amides is 3. The second kappa shape index (κ2) is 7.04. The topological polar surface area (TPSA) is 87.7 Å². The molecule has 3 aliphatic heterocycles. The molecule has 154 valence electrons. The van der Waals surface area contributed by atoms with Gasteiger partial charge in [-0.25, -0.2) is 0 Å². The van der Waals surface area contributed by atoms with E-state index in [9.17, 15) is 14.4 Å². The molecule has 0 aromatic heterocycles. The van der Waals surface area contributed by atoms with E-state index in [0.29, 0.717) is 12.1 Å². The first-order chi connectivity index (χ1) is 14.6. The molecule has 0 radical (unpaired) electrons. The molecule has 2 N–H and O–H groups in total. The fourth-order valence-corrected chi connectivity index (χ4v) is 5.26. The Bertz CT molecular complexity index is 1020. The van der Waals surface area contributed by atoms with Crippen molar-refractivity contribution in [3.8, 4) is 0 Å². The van der Waals surface area contributed by atoms with Crippen LogP contribution in [0.4, 0.5) is 5.69 Å². The van der Waals surface area contributed by atoms with Gasteiger partial charge in [-0.1, -0.05) is 48.5 Å². The summed E-state index contributed by atoms with van der Waals surface area (Å²) < 4.78 is 5.10. The molecule has 2 aromatic rings. The number of rotatable bonds is 5. The highest BCUT2D eigenvalue weighted by atomic mass is 16.5. The van der Waals surface area contributed by atoms with E-state index in [0.717, 1.165) is 11.1 Å². The number of para-hydroxylation sites is 1. The van der Waals surface area contributed by atoms with Gasteiger partial charge in [-0.05, 0) is 18.1 Å². The van der Waals surface area contributed by atoms with Crippen LogP contribution in [0.5, 0.6) is 0 Å². The summed E-state index contributed by atoms with van der Waals surface area (Å²) in [7, 11) is 1.54. The lowest BCUT2D eigenvalue weighted by atomic mass is 9.76. The van der Waals surface area contributed by atoms with Gasteiger partial charge in [0.2, 0.25) is 17.7 Å². The van der Waals surface area contributed by atoms with Gasteiger partial charge >= 0.3 is 0 Å². The van der Waals surface area contributed by atoms with Crippen molar-refractivity contribution in [3.05, 3.63) is 65.7 Å². The van der Waals surface area contributed by atoms with Crippen LogP contribution < -0.4 is 10.6 Å². The standard InChI is InChI=1S/C23H23N3O4/c1-30-12-11-26-20(27)18-17(13-14-7-3-2-4-8-14)25-23(19(18)21(26)28)15-9-5-6-10-16(15)24-22(23)29/h2-10,17-19,25H,11-13H2,1H3,(H,24,29)/t17?,18-,19+,23?/m1/s1. The Morgan fingerprint density at radius 3 is 2.50 bits per heavy atom. The molecule has 7 heteroatoms. The number of benzene rings is 2. The number of carbonyl (C=O) groups is 3. The molecule has 4 atom stereocenters. The molecule has 30 heavy (non-hydrogen) atoms. The number of carbonyl (C=O) groups excluding carboxylic acids is 3. The van der Waals surface area contributed by atoms with Crippen LogP contribution in [-0.4, -0.2) is 48.9 Å². The second-order valence-electron chi connectivity index (χ2n) is 8.07. The molecule has 0 aliphatic carbocycles. The van der Waals surface area contributed by atoms with Gasteiger partial charge < -0.3 is 10.1 Å². The third-order valence-electron chi connectivity index (χ3n) is 6.53. The van der Waals surface area contributed by atoms with Gasteiger partial charge in [0.05, 0.1) is 25.0 Å². The molecule has 2 aromatic carbocycles. The minimum Gasteiger partial charge on any atom is -0.383 e. The quantitative estimate of drug-likeness (QED) is 0.732. The Balaban J connectivity index is 1.60. The molecule has 3 aliphatic rings.